The molecule has 6 heteroatoms. The molecule has 0 aliphatic carbocycles. The molecular formula is C31H29N3O3. The van der Waals surface area contributed by atoms with Gasteiger partial charge in [0.2, 0.25) is 0 Å². The Morgan fingerprint density at radius 2 is 1.65 bits per heavy atom. The van der Waals surface area contributed by atoms with Crippen molar-refractivity contribution in [3.8, 4) is 0 Å². The predicted octanol–water partition coefficient (Wildman–Crippen LogP) is 4.93. The van der Waals surface area contributed by atoms with Crippen molar-refractivity contribution in [2.24, 2.45) is 0 Å². The first-order valence-electron chi connectivity index (χ1n) is 12.9. The molecule has 186 valence electrons. The standard InChI is InChI=1S/C31H29N3O3/c35-29(34-17-8-12-23-11-4-7-15-28(23)34)21-37-31(36)30-24-13-5-6-14-26(24)32-27-16-18-33(20-25(27)30)19-22-9-2-1-3-10-22/h1-7,9-11,13-15H,8,12,16-21H2. The molecule has 1 amide bonds. The molecule has 6 rings (SSSR count). The first-order valence-corrected chi connectivity index (χ1v) is 12.9. The second-order valence-corrected chi connectivity index (χ2v) is 9.73. The minimum atomic E-state index is -0.463. The van der Waals surface area contributed by atoms with Crippen LogP contribution in [0.1, 0.15) is 39.2 Å². The molecule has 0 spiro atoms. The summed E-state index contributed by atoms with van der Waals surface area (Å²) in [5.74, 6) is -0.659. The van der Waals surface area contributed by atoms with E-state index >= 15 is 0 Å². The number of nitrogens with zero attached hydrogens (tertiary/aromatic N) is 3. The molecule has 0 saturated carbocycles. The molecule has 4 aromatic rings. The summed E-state index contributed by atoms with van der Waals surface area (Å²) < 4.78 is 5.71. The Morgan fingerprint density at radius 3 is 2.54 bits per heavy atom. The number of benzene rings is 3. The number of fused-ring (bicyclic) bond motifs is 3. The lowest BCUT2D eigenvalue weighted by molar-refractivity contribution is -0.121. The van der Waals surface area contributed by atoms with E-state index in [2.05, 4.69) is 23.1 Å². The predicted molar refractivity (Wildman–Crippen MR) is 143 cm³/mol. The van der Waals surface area contributed by atoms with Crippen molar-refractivity contribution in [1.82, 2.24) is 9.88 Å². The zero-order valence-electron chi connectivity index (χ0n) is 20.7. The second kappa shape index (κ2) is 10.1. The van der Waals surface area contributed by atoms with Gasteiger partial charge in [-0.15, -0.1) is 0 Å². The third-order valence-corrected chi connectivity index (χ3v) is 7.32. The number of amides is 1. The Morgan fingerprint density at radius 1 is 0.865 bits per heavy atom. The average molecular weight is 492 g/mol. The molecule has 0 unspecified atom stereocenters. The first kappa shape index (κ1) is 23.4. The Hall–Kier alpha value is -4.03. The second-order valence-electron chi connectivity index (χ2n) is 9.73. The van der Waals surface area contributed by atoms with Crippen molar-refractivity contribution in [3.05, 3.63) is 107 Å². The molecule has 3 heterocycles. The maximum atomic E-state index is 13.6. The van der Waals surface area contributed by atoms with Crippen LogP contribution in [0.3, 0.4) is 0 Å². The number of esters is 1. The fourth-order valence-corrected chi connectivity index (χ4v) is 5.53. The van der Waals surface area contributed by atoms with E-state index in [0.717, 1.165) is 65.8 Å². The van der Waals surface area contributed by atoms with Crippen molar-refractivity contribution in [2.45, 2.75) is 32.4 Å². The Balaban J connectivity index is 1.26. The zero-order valence-corrected chi connectivity index (χ0v) is 20.7. The summed E-state index contributed by atoms with van der Waals surface area (Å²) in [6.07, 6.45) is 2.61. The first-order chi connectivity index (χ1) is 18.2. The topological polar surface area (TPSA) is 62.7 Å². The summed E-state index contributed by atoms with van der Waals surface area (Å²) in [7, 11) is 0. The Bertz CT molecular complexity index is 1470. The number of aryl methyl sites for hydroxylation is 1. The number of hydrogen-bond acceptors (Lipinski definition) is 5. The van der Waals surface area contributed by atoms with E-state index in [1.54, 1.807) is 4.90 Å². The van der Waals surface area contributed by atoms with Gasteiger partial charge in [-0.25, -0.2) is 4.79 Å². The maximum absolute atomic E-state index is 13.6. The number of hydrogen-bond donors (Lipinski definition) is 0. The molecule has 0 bridgehead atoms. The van der Waals surface area contributed by atoms with Crippen LogP contribution in [0.25, 0.3) is 10.9 Å². The van der Waals surface area contributed by atoms with Gasteiger partial charge in [-0.3, -0.25) is 14.7 Å². The van der Waals surface area contributed by atoms with Gasteiger partial charge < -0.3 is 9.64 Å². The van der Waals surface area contributed by atoms with Gasteiger partial charge in [0, 0.05) is 54.9 Å². The SMILES string of the molecule is O=C(OCC(=O)N1CCCc2ccccc21)c1c2c(nc3ccccc13)CCN(Cc1ccccc1)C2. The van der Waals surface area contributed by atoms with E-state index in [1.807, 2.05) is 60.7 Å². The number of carbonyl (C=O) groups is 2. The quantitative estimate of drug-likeness (QED) is 0.371. The lowest BCUT2D eigenvalue weighted by atomic mass is 9.95. The fraction of sp³-hybridized carbons (Fsp3) is 0.258. The van der Waals surface area contributed by atoms with Crippen LogP contribution in [0, 0.1) is 0 Å². The number of rotatable bonds is 5. The molecular weight excluding hydrogens is 462 g/mol. The minimum Gasteiger partial charge on any atom is -0.452 e. The molecule has 0 radical (unpaired) electrons. The molecule has 37 heavy (non-hydrogen) atoms. The summed E-state index contributed by atoms with van der Waals surface area (Å²) in [6.45, 7) is 2.63. The van der Waals surface area contributed by atoms with Crippen LogP contribution < -0.4 is 4.90 Å². The minimum absolute atomic E-state index is 0.196. The monoisotopic (exact) mass is 491 g/mol. The molecule has 0 atom stereocenters. The van der Waals surface area contributed by atoms with Gasteiger partial charge in [0.25, 0.3) is 5.91 Å². The summed E-state index contributed by atoms with van der Waals surface area (Å²) in [5.41, 5.74) is 6.45. The lowest BCUT2D eigenvalue weighted by Gasteiger charge is -2.30. The van der Waals surface area contributed by atoms with Crippen LogP contribution >= 0.6 is 0 Å². The van der Waals surface area contributed by atoms with Gasteiger partial charge in [0.05, 0.1) is 11.1 Å². The largest absolute Gasteiger partial charge is 0.452 e. The third kappa shape index (κ3) is 4.72. The number of pyridine rings is 1. The molecule has 2 aliphatic rings. The average Bonchev–Trinajstić information content (AvgIpc) is 2.94. The van der Waals surface area contributed by atoms with Crippen LogP contribution in [0.4, 0.5) is 5.69 Å². The highest BCUT2D eigenvalue weighted by atomic mass is 16.5. The van der Waals surface area contributed by atoms with E-state index in [0.29, 0.717) is 18.7 Å². The van der Waals surface area contributed by atoms with E-state index in [4.69, 9.17) is 9.72 Å². The van der Waals surface area contributed by atoms with Gasteiger partial charge >= 0.3 is 5.97 Å². The summed E-state index contributed by atoms with van der Waals surface area (Å²) >= 11 is 0. The molecule has 2 aliphatic heterocycles. The number of anilines is 1. The van der Waals surface area contributed by atoms with Crippen molar-refractivity contribution in [3.63, 3.8) is 0 Å². The summed E-state index contributed by atoms with van der Waals surface area (Å²) in [4.78, 5) is 35.7. The molecule has 3 aromatic carbocycles. The van der Waals surface area contributed by atoms with Crippen LogP contribution in [0.5, 0.6) is 0 Å². The molecule has 1 aromatic heterocycles. The lowest BCUT2D eigenvalue weighted by Crippen LogP contribution is -2.38. The van der Waals surface area contributed by atoms with Crippen LogP contribution in [-0.4, -0.2) is 41.5 Å². The van der Waals surface area contributed by atoms with Crippen molar-refractivity contribution < 1.29 is 14.3 Å². The molecule has 6 nitrogen and oxygen atoms in total. The van der Waals surface area contributed by atoms with Crippen molar-refractivity contribution in [1.29, 1.82) is 0 Å². The van der Waals surface area contributed by atoms with Crippen LogP contribution in [0.15, 0.2) is 78.9 Å². The Kier molecular flexibility index (Phi) is 6.41. The van der Waals surface area contributed by atoms with Gasteiger partial charge in [0.1, 0.15) is 0 Å². The molecule has 0 N–H and O–H groups in total. The third-order valence-electron chi connectivity index (χ3n) is 7.32. The highest BCUT2D eigenvalue weighted by Crippen LogP contribution is 2.30. The van der Waals surface area contributed by atoms with Gasteiger partial charge in [-0.05, 0) is 36.1 Å². The summed E-state index contributed by atoms with van der Waals surface area (Å²) in [5, 5.41) is 0.767. The number of ether oxygens (including phenoxy) is 1. The number of carbonyl (C=O) groups excluding carboxylic acids is 2. The van der Waals surface area contributed by atoms with E-state index < -0.39 is 5.97 Å². The number of aromatic nitrogens is 1. The molecule has 0 fully saturated rings. The Labute approximate surface area is 216 Å². The fourth-order valence-electron chi connectivity index (χ4n) is 5.53. The van der Waals surface area contributed by atoms with Crippen molar-refractivity contribution in [2.75, 3.05) is 24.6 Å². The van der Waals surface area contributed by atoms with Crippen LogP contribution in [-0.2, 0) is 35.5 Å². The van der Waals surface area contributed by atoms with Crippen molar-refractivity contribution >= 4 is 28.5 Å². The maximum Gasteiger partial charge on any atom is 0.339 e. The van der Waals surface area contributed by atoms with E-state index in [9.17, 15) is 9.59 Å². The van der Waals surface area contributed by atoms with E-state index in [1.165, 1.54) is 5.56 Å². The van der Waals surface area contributed by atoms with Crippen LogP contribution in [0.2, 0.25) is 0 Å². The van der Waals surface area contributed by atoms with Gasteiger partial charge in [-0.1, -0.05) is 66.7 Å². The van der Waals surface area contributed by atoms with Gasteiger partial charge in [0.15, 0.2) is 6.61 Å². The smallest absolute Gasteiger partial charge is 0.339 e. The summed E-state index contributed by atoms with van der Waals surface area (Å²) in [6, 6.07) is 26.0. The number of para-hydroxylation sites is 2. The normalized spacial score (nSPS) is 15.2. The van der Waals surface area contributed by atoms with Gasteiger partial charge in [-0.2, -0.15) is 0 Å². The highest BCUT2D eigenvalue weighted by molar-refractivity contribution is 6.06. The zero-order chi connectivity index (χ0) is 25.2. The highest BCUT2D eigenvalue weighted by Gasteiger charge is 2.28. The van der Waals surface area contributed by atoms with E-state index in [-0.39, 0.29) is 12.5 Å². The molecule has 0 saturated heterocycles.